The Morgan fingerprint density at radius 3 is 2.36 bits per heavy atom. The van der Waals surface area contributed by atoms with Crippen LogP contribution in [0.15, 0.2) is 24.3 Å². The Morgan fingerprint density at radius 2 is 1.86 bits per heavy atom. The predicted octanol–water partition coefficient (Wildman–Crippen LogP) is 1.07. The number of likely N-dealkylation sites (N-methyl/N-ethyl adjacent to an activating group) is 1. The van der Waals surface area contributed by atoms with Gasteiger partial charge < -0.3 is 5.32 Å². The molecule has 0 aromatic heterocycles. The van der Waals surface area contributed by atoms with Crippen molar-refractivity contribution in [3.63, 3.8) is 0 Å². The fourth-order valence-corrected chi connectivity index (χ4v) is 3.13. The molecule has 6 nitrogen and oxygen atoms in total. The number of piperidine rings is 1. The zero-order valence-corrected chi connectivity index (χ0v) is 12.5. The second-order valence-corrected chi connectivity index (χ2v) is 5.96. The number of carbonyl (C=O) groups excluding carboxylic acids is 2. The molecule has 2 aliphatic rings. The van der Waals surface area contributed by atoms with E-state index in [-0.39, 0.29) is 11.9 Å². The third-order valence-electron chi connectivity index (χ3n) is 4.56. The summed E-state index contributed by atoms with van der Waals surface area (Å²) in [6, 6.07) is 9.35. The molecule has 0 unspecified atom stereocenters. The van der Waals surface area contributed by atoms with E-state index < -0.39 is 5.54 Å². The second-order valence-electron chi connectivity index (χ2n) is 5.96. The Labute approximate surface area is 129 Å². The quantitative estimate of drug-likeness (QED) is 0.829. The van der Waals surface area contributed by atoms with E-state index in [1.807, 2.05) is 24.3 Å². The smallest absolute Gasteiger partial charge is 0.323 e. The fourth-order valence-electron chi connectivity index (χ4n) is 3.13. The molecule has 22 heavy (non-hydrogen) atoms. The van der Waals surface area contributed by atoms with Gasteiger partial charge in [0.15, 0.2) is 0 Å². The van der Waals surface area contributed by atoms with Crippen LogP contribution < -0.4 is 5.32 Å². The molecule has 0 bridgehead atoms. The maximum Gasteiger partial charge on any atom is 0.324 e. The van der Waals surface area contributed by atoms with Crippen molar-refractivity contribution in [1.29, 1.82) is 5.26 Å². The van der Waals surface area contributed by atoms with Gasteiger partial charge in [-0.2, -0.15) is 5.26 Å². The summed E-state index contributed by atoms with van der Waals surface area (Å²) in [7, 11) is 1.52. The van der Waals surface area contributed by atoms with E-state index in [1.54, 1.807) is 0 Å². The summed E-state index contributed by atoms with van der Waals surface area (Å²) < 4.78 is 0. The van der Waals surface area contributed by atoms with Gasteiger partial charge in [0.05, 0.1) is 11.6 Å². The van der Waals surface area contributed by atoms with Crippen LogP contribution in [0.3, 0.4) is 0 Å². The van der Waals surface area contributed by atoms with Gasteiger partial charge in [-0.15, -0.1) is 0 Å². The van der Waals surface area contributed by atoms with E-state index in [9.17, 15) is 9.59 Å². The highest BCUT2D eigenvalue weighted by molar-refractivity contribution is 6.06. The fraction of sp³-hybridized carbons (Fsp3) is 0.438. The molecule has 2 aliphatic heterocycles. The lowest BCUT2D eigenvalue weighted by Crippen LogP contribution is -2.54. The number of hydrogen-bond donors (Lipinski definition) is 1. The van der Waals surface area contributed by atoms with Crippen LogP contribution in [-0.2, 0) is 11.3 Å². The molecule has 2 heterocycles. The highest BCUT2D eigenvalue weighted by Crippen LogP contribution is 2.29. The van der Waals surface area contributed by atoms with Gasteiger partial charge in [0.25, 0.3) is 5.91 Å². The Hall–Kier alpha value is -2.39. The number of amides is 3. The zero-order valence-electron chi connectivity index (χ0n) is 12.5. The van der Waals surface area contributed by atoms with Crippen LogP contribution in [0, 0.1) is 11.3 Å². The third-order valence-corrected chi connectivity index (χ3v) is 4.56. The van der Waals surface area contributed by atoms with E-state index in [0.29, 0.717) is 18.4 Å². The van der Waals surface area contributed by atoms with Crippen molar-refractivity contribution >= 4 is 11.9 Å². The molecule has 6 heteroatoms. The first kappa shape index (κ1) is 14.5. The van der Waals surface area contributed by atoms with E-state index in [4.69, 9.17) is 5.26 Å². The van der Waals surface area contributed by atoms with Crippen LogP contribution in [0.1, 0.15) is 24.0 Å². The van der Waals surface area contributed by atoms with Gasteiger partial charge in [-0.25, -0.2) is 4.79 Å². The minimum atomic E-state index is -0.701. The summed E-state index contributed by atoms with van der Waals surface area (Å²) in [6.07, 6.45) is 1.27. The molecule has 0 radical (unpaired) electrons. The van der Waals surface area contributed by atoms with Crippen molar-refractivity contribution in [3.8, 4) is 6.07 Å². The molecule has 2 fully saturated rings. The number of urea groups is 1. The number of rotatable bonds is 2. The normalized spacial score (nSPS) is 21.0. The molecule has 3 amide bonds. The molecule has 2 saturated heterocycles. The predicted molar refractivity (Wildman–Crippen MR) is 79.7 cm³/mol. The molecule has 1 aromatic carbocycles. The van der Waals surface area contributed by atoms with Gasteiger partial charge in [-0.1, -0.05) is 12.1 Å². The first-order valence-corrected chi connectivity index (χ1v) is 7.36. The monoisotopic (exact) mass is 298 g/mol. The van der Waals surface area contributed by atoms with Crippen LogP contribution in [0.25, 0.3) is 0 Å². The number of nitrogens with one attached hydrogen (secondary N) is 1. The summed E-state index contributed by atoms with van der Waals surface area (Å²) in [6.45, 7) is 2.32. The minimum Gasteiger partial charge on any atom is -0.323 e. The van der Waals surface area contributed by atoms with Gasteiger partial charge in [0, 0.05) is 26.7 Å². The molecule has 0 saturated carbocycles. The second kappa shape index (κ2) is 5.43. The molecule has 114 valence electrons. The molecular weight excluding hydrogens is 280 g/mol. The van der Waals surface area contributed by atoms with Crippen molar-refractivity contribution in [3.05, 3.63) is 35.4 Å². The first-order chi connectivity index (χ1) is 10.5. The lowest BCUT2D eigenvalue weighted by molar-refractivity contribution is -0.132. The van der Waals surface area contributed by atoms with Gasteiger partial charge in [-0.3, -0.25) is 14.6 Å². The minimum absolute atomic E-state index is 0.115. The molecular formula is C16H18N4O2. The van der Waals surface area contributed by atoms with Gasteiger partial charge in [0.2, 0.25) is 0 Å². The van der Waals surface area contributed by atoms with Crippen LogP contribution in [-0.4, -0.2) is 47.4 Å². The lowest BCUT2D eigenvalue weighted by atomic mass is 9.87. The number of hydrogen-bond acceptors (Lipinski definition) is 4. The van der Waals surface area contributed by atoms with Crippen molar-refractivity contribution < 1.29 is 9.59 Å². The average molecular weight is 298 g/mol. The van der Waals surface area contributed by atoms with Gasteiger partial charge in [-0.05, 0) is 30.5 Å². The number of carbonyl (C=O) groups is 2. The van der Waals surface area contributed by atoms with Crippen molar-refractivity contribution in [1.82, 2.24) is 15.1 Å². The molecule has 0 atom stereocenters. The van der Waals surface area contributed by atoms with Gasteiger partial charge in [0.1, 0.15) is 5.54 Å². The largest absolute Gasteiger partial charge is 0.324 e. The van der Waals surface area contributed by atoms with Crippen LogP contribution >= 0.6 is 0 Å². The number of benzene rings is 1. The Morgan fingerprint density at radius 1 is 1.23 bits per heavy atom. The standard InChI is InChI=1S/C16H18N4O2/c1-19-14(21)16(18-15(19)22)6-8-20(9-7-16)11-13-4-2-12(10-17)3-5-13/h2-5H,6-9,11H2,1H3,(H,18,22). The van der Waals surface area contributed by atoms with Gasteiger partial charge >= 0.3 is 6.03 Å². The van der Waals surface area contributed by atoms with E-state index in [0.717, 1.165) is 25.2 Å². The van der Waals surface area contributed by atoms with Crippen LogP contribution in [0.4, 0.5) is 4.79 Å². The summed E-state index contributed by atoms with van der Waals surface area (Å²) in [5.74, 6) is -0.115. The number of nitriles is 1. The Bertz CT molecular complexity index is 639. The molecule has 1 spiro atoms. The van der Waals surface area contributed by atoms with E-state index in [1.165, 1.54) is 11.9 Å². The highest BCUT2D eigenvalue weighted by Gasteiger charge is 2.50. The lowest BCUT2D eigenvalue weighted by Gasteiger charge is -2.37. The zero-order chi connectivity index (χ0) is 15.7. The SMILES string of the molecule is CN1C(=O)NC2(CCN(Cc3ccc(C#N)cc3)CC2)C1=O. The number of nitrogens with zero attached hydrogens (tertiary/aromatic N) is 3. The average Bonchev–Trinajstić information content (AvgIpc) is 2.75. The van der Waals surface area contributed by atoms with Crippen molar-refractivity contribution in [2.45, 2.75) is 24.9 Å². The van der Waals surface area contributed by atoms with Crippen LogP contribution in [0.5, 0.6) is 0 Å². The summed E-state index contributed by atoms with van der Waals surface area (Å²) in [5.41, 5.74) is 1.10. The Kier molecular flexibility index (Phi) is 3.59. The maximum absolute atomic E-state index is 12.2. The van der Waals surface area contributed by atoms with Crippen molar-refractivity contribution in [2.24, 2.45) is 0 Å². The van der Waals surface area contributed by atoms with Crippen molar-refractivity contribution in [2.75, 3.05) is 20.1 Å². The highest BCUT2D eigenvalue weighted by atomic mass is 16.2. The van der Waals surface area contributed by atoms with E-state index >= 15 is 0 Å². The first-order valence-electron chi connectivity index (χ1n) is 7.36. The summed E-state index contributed by atoms with van der Waals surface area (Å²) in [4.78, 5) is 27.3. The topological polar surface area (TPSA) is 76.4 Å². The molecule has 1 N–H and O–H groups in total. The van der Waals surface area contributed by atoms with E-state index in [2.05, 4.69) is 16.3 Å². The molecule has 1 aromatic rings. The van der Waals surface area contributed by atoms with Crippen LogP contribution in [0.2, 0.25) is 0 Å². The molecule has 0 aliphatic carbocycles. The summed E-state index contributed by atoms with van der Waals surface area (Å²) in [5, 5.41) is 11.6. The third kappa shape index (κ3) is 2.44. The molecule has 3 rings (SSSR count). The number of likely N-dealkylation sites (tertiary alicyclic amines) is 1. The Balaban J connectivity index is 1.61. The summed E-state index contributed by atoms with van der Waals surface area (Å²) >= 11 is 0. The maximum atomic E-state index is 12.2. The number of imide groups is 1.